The number of hydrogen-bond acceptors (Lipinski definition) is 2. The molecule has 2 atom stereocenters. The molecule has 0 spiro atoms. The average Bonchev–Trinajstić information content (AvgIpc) is 2.97. The van der Waals surface area contributed by atoms with Crippen molar-refractivity contribution in [1.29, 1.82) is 0 Å². The Morgan fingerprint density at radius 1 is 1.38 bits per heavy atom. The van der Waals surface area contributed by atoms with Crippen molar-refractivity contribution in [2.75, 3.05) is 13.1 Å². The van der Waals surface area contributed by atoms with E-state index in [-0.39, 0.29) is 18.3 Å². The van der Waals surface area contributed by atoms with E-state index in [1.54, 1.807) is 0 Å². The third-order valence-electron chi connectivity index (χ3n) is 4.18. The quantitative estimate of drug-likeness (QED) is 0.847. The molecule has 1 aliphatic rings. The van der Waals surface area contributed by atoms with Crippen LogP contribution in [0.5, 0.6) is 0 Å². The Labute approximate surface area is 134 Å². The summed E-state index contributed by atoms with van der Waals surface area (Å²) in [5.41, 5.74) is 2.53. The number of amides is 1. The molecule has 3 nitrogen and oxygen atoms in total. The maximum Gasteiger partial charge on any atom is 0.220 e. The lowest BCUT2D eigenvalue weighted by atomic mass is 9.92. The molecule has 1 fully saturated rings. The van der Waals surface area contributed by atoms with Crippen molar-refractivity contribution in [3.8, 4) is 0 Å². The number of nitrogens with one attached hydrogen (secondary N) is 2. The van der Waals surface area contributed by atoms with Crippen LogP contribution in [0, 0.1) is 6.92 Å². The van der Waals surface area contributed by atoms with Gasteiger partial charge in [0.25, 0.3) is 0 Å². The molecule has 1 amide bonds. The monoisotopic (exact) mass is 310 g/mol. The van der Waals surface area contributed by atoms with Gasteiger partial charge in [0.1, 0.15) is 0 Å². The molecular weight excluding hydrogens is 284 g/mol. The van der Waals surface area contributed by atoms with E-state index in [0.717, 1.165) is 19.5 Å². The van der Waals surface area contributed by atoms with Crippen LogP contribution in [0.25, 0.3) is 0 Å². The summed E-state index contributed by atoms with van der Waals surface area (Å²) in [4.78, 5) is 12.1. The van der Waals surface area contributed by atoms with E-state index in [1.165, 1.54) is 24.0 Å². The Bertz CT molecular complexity index is 427. The van der Waals surface area contributed by atoms with Crippen LogP contribution in [0.3, 0.4) is 0 Å². The third-order valence-corrected chi connectivity index (χ3v) is 4.18. The van der Waals surface area contributed by atoms with E-state index in [4.69, 9.17) is 0 Å². The minimum Gasteiger partial charge on any atom is -0.355 e. The predicted octanol–water partition coefficient (Wildman–Crippen LogP) is 3.17. The fourth-order valence-electron chi connectivity index (χ4n) is 2.80. The number of halogens is 1. The number of benzene rings is 1. The summed E-state index contributed by atoms with van der Waals surface area (Å²) in [5, 5.41) is 6.47. The topological polar surface area (TPSA) is 41.1 Å². The van der Waals surface area contributed by atoms with Crippen LogP contribution >= 0.6 is 12.4 Å². The molecule has 2 rings (SSSR count). The van der Waals surface area contributed by atoms with Gasteiger partial charge in [0, 0.05) is 19.0 Å². The molecule has 1 aliphatic heterocycles. The second-order valence-electron chi connectivity index (χ2n) is 5.82. The van der Waals surface area contributed by atoms with Gasteiger partial charge in [-0.05, 0) is 44.2 Å². The van der Waals surface area contributed by atoms with E-state index in [1.807, 2.05) is 0 Å². The highest BCUT2D eigenvalue weighted by atomic mass is 35.5. The second kappa shape index (κ2) is 9.06. The van der Waals surface area contributed by atoms with Gasteiger partial charge in [-0.2, -0.15) is 0 Å². The maximum atomic E-state index is 12.1. The molecule has 1 heterocycles. The van der Waals surface area contributed by atoms with E-state index in [9.17, 15) is 4.79 Å². The van der Waals surface area contributed by atoms with Gasteiger partial charge in [0.15, 0.2) is 0 Å². The van der Waals surface area contributed by atoms with Gasteiger partial charge >= 0.3 is 0 Å². The second-order valence-corrected chi connectivity index (χ2v) is 5.82. The highest BCUT2D eigenvalue weighted by molar-refractivity contribution is 5.85. The lowest BCUT2D eigenvalue weighted by Crippen LogP contribution is -2.37. The first kappa shape index (κ1) is 18.0. The van der Waals surface area contributed by atoms with Crippen molar-refractivity contribution in [1.82, 2.24) is 10.6 Å². The van der Waals surface area contributed by atoms with E-state index in [0.29, 0.717) is 18.4 Å². The largest absolute Gasteiger partial charge is 0.355 e. The highest BCUT2D eigenvalue weighted by Gasteiger charge is 2.17. The van der Waals surface area contributed by atoms with Gasteiger partial charge < -0.3 is 10.6 Å². The zero-order valence-corrected chi connectivity index (χ0v) is 13.8. The summed E-state index contributed by atoms with van der Waals surface area (Å²) < 4.78 is 0. The number of aryl methyl sites for hydroxylation is 1. The number of carbonyl (C=O) groups is 1. The molecule has 118 valence electrons. The van der Waals surface area contributed by atoms with Gasteiger partial charge in [-0.25, -0.2) is 0 Å². The first-order chi connectivity index (χ1) is 9.69. The zero-order chi connectivity index (χ0) is 14.4. The molecule has 2 unspecified atom stereocenters. The maximum absolute atomic E-state index is 12.1. The SMILES string of the molecule is CCC(CC(=O)NCC1CCCN1)c1ccc(C)cc1.Cl. The van der Waals surface area contributed by atoms with Crippen LogP contribution in [-0.4, -0.2) is 25.0 Å². The Morgan fingerprint density at radius 2 is 2.10 bits per heavy atom. The van der Waals surface area contributed by atoms with Gasteiger partial charge in [0.05, 0.1) is 0 Å². The molecule has 0 aliphatic carbocycles. The van der Waals surface area contributed by atoms with Gasteiger partial charge in [-0.15, -0.1) is 12.4 Å². The van der Waals surface area contributed by atoms with Gasteiger partial charge in [-0.1, -0.05) is 36.8 Å². The van der Waals surface area contributed by atoms with Crippen LogP contribution < -0.4 is 10.6 Å². The van der Waals surface area contributed by atoms with Crippen LogP contribution in [-0.2, 0) is 4.79 Å². The highest BCUT2D eigenvalue weighted by Crippen LogP contribution is 2.23. The molecule has 1 aromatic rings. The van der Waals surface area contributed by atoms with Crippen molar-refractivity contribution >= 4 is 18.3 Å². The molecule has 0 aromatic heterocycles. The van der Waals surface area contributed by atoms with Crippen molar-refractivity contribution in [3.63, 3.8) is 0 Å². The van der Waals surface area contributed by atoms with Gasteiger partial charge in [0.2, 0.25) is 5.91 Å². The molecular formula is C17H27ClN2O. The lowest BCUT2D eigenvalue weighted by molar-refractivity contribution is -0.121. The van der Waals surface area contributed by atoms with Crippen LogP contribution in [0.15, 0.2) is 24.3 Å². The summed E-state index contributed by atoms with van der Waals surface area (Å²) in [7, 11) is 0. The smallest absolute Gasteiger partial charge is 0.220 e. The first-order valence-corrected chi connectivity index (χ1v) is 7.75. The van der Waals surface area contributed by atoms with E-state index < -0.39 is 0 Å². The molecule has 0 saturated carbocycles. The molecule has 0 radical (unpaired) electrons. The summed E-state index contributed by atoms with van der Waals surface area (Å²) in [6.07, 6.45) is 3.99. The Hall–Kier alpha value is -1.06. The lowest BCUT2D eigenvalue weighted by Gasteiger charge is -2.17. The molecule has 4 heteroatoms. The molecule has 1 saturated heterocycles. The summed E-state index contributed by atoms with van der Waals surface area (Å²) in [5.74, 6) is 0.498. The van der Waals surface area contributed by atoms with Crippen molar-refractivity contribution in [2.24, 2.45) is 0 Å². The van der Waals surface area contributed by atoms with Crippen molar-refractivity contribution < 1.29 is 4.79 Å². The Balaban J connectivity index is 0.00000220. The number of rotatable bonds is 6. The molecule has 1 aromatic carbocycles. The minimum atomic E-state index is 0. The first-order valence-electron chi connectivity index (χ1n) is 7.75. The third kappa shape index (κ3) is 5.68. The molecule has 2 N–H and O–H groups in total. The van der Waals surface area contributed by atoms with Crippen LogP contribution in [0.4, 0.5) is 0 Å². The predicted molar refractivity (Wildman–Crippen MR) is 90.1 cm³/mol. The van der Waals surface area contributed by atoms with Crippen molar-refractivity contribution in [3.05, 3.63) is 35.4 Å². The van der Waals surface area contributed by atoms with E-state index in [2.05, 4.69) is 48.7 Å². The summed E-state index contributed by atoms with van der Waals surface area (Å²) in [6, 6.07) is 9.01. The Kier molecular flexibility index (Phi) is 7.76. The van der Waals surface area contributed by atoms with Gasteiger partial charge in [-0.3, -0.25) is 4.79 Å². The fourth-order valence-corrected chi connectivity index (χ4v) is 2.80. The van der Waals surface area contributed by atoms with Crippen molar-refractivity contribution in [2.45, 2.75) is 51.5 Å². The average molecular weight is 311 g/mol. The normalized spacial score (nSPS) is 18.9. The van der Waals surface area contributed by atoms with Crippen LogP contribution in [0.2, 0.25) is 0 Å². The summed E-state index contributed by atoms with van der Waals surface area (Å²) >= 11 is 0. The Morgan fingerprint density at radius 3 is 2.67 bits per heavy atom. The fraction of sp³-hybridized carbons (Fsp3) is 0.588. The number of carbonyl (C=O) groups excluding carboxylic acids is 1. The minimum absolute atomic E-state index is 0. The standard InChI is InChI=1S/C17H26N2O.ClH/c1-3-14(15-8-6-13(2)7-9-15)11-17(20)19-12-16-5-4-10-18-16;/h6-9,14,16,18H,3-5,10-12H2,1-2H3,(H,19,20);1H. The molecule has 21 heavy (non-hydrogen) atoms. The summed E-state index contributed by atoms with van der Waals surface area (Å²) in [6.45, 7) is 6.09. The molecule has 0 bridgehead atoms. The van der Waals surface area contributed by atoms with E-state index >= 15 is 0 Å². The number of hydrogen-bond donors (Lipinski definition) is 2. The zero-order valence-electron chi connectivity index (χ0n) is 13.0. The van der Waals surface area contributed by atoms with Crippen LogP contribution in [0.1, 0.15) is 49.7 Å².